The first-order chi connectivity index (χ1) is 8.01. The number of amides is 1. The van der Waals surface area contributed by atoms with Gasteiger partial charge in [-0.25, -0.2) is 0 Å². The predicted molar refractivity (Wildman–Crippen MR) is 71.9 cm³/mol. The van der Waals surface area contributed by atoms with E-state index in [1.165, 1.54) is 12.8 Å². The summed E-state index contributed by atoms with van der Waals surface area (Å²) in [4.78, 5) is 14.5. The Labute approximate surface area is 106 Å². The van der Waals surface area contributed by atoms with E-state index < -0.39 is 0 Å². The van der Waals surface area contributed by atoms with Crippen LogP contribution in [0.4, 0.5) is 0 Å². The number of carbonyl (C=O) groups excluding carboxylic acids is 1. The van der Waals surface area contributed by atoms with Crippen molar-refractivity contribution in [3.05, 3.63) is 0 Å². The summed E-state index contributed by atoms with van der Waals surface area (Å²) in [6.45, 7) is 12.3. The van der Waals surface area contributed by atoms with Crippen molar-refractivity contribution < 1.29 is 4.79 Å². The van der Waals surface area contributed by atoms with Crippen molar-refractivity contribution in [3.8, 4) is 0 Å². The molecule has 0 aromatic heterocycles. The quantitative estimate of drug-likeness (QED) is 0.799. The maximum atomic E-state index is 12.4. The Balaban J connectivity index is 2.55. The Morgan fingerprint density at radius 1 is 1.29 bits per heavy atom. The molecule has 0 aromatic carbocycles. The lowest BCUT2D eigenvalue weighted by Gasteiger charge is -2.34. The molecule has 17 heavy (non-hydrogen) atoms. The Kier molecular flexibility index (Phi) is 5.44. The van der Waals surface area contributed by atoms with Crippen LogP contribution in [-0.2, 0) is 4.79 Å². The van der Waals surface area contributed by atoms with Gasteiger partial charge in [-0.15, -0.1) is 0 Å². The van der Waals surface area contributed by atoms with Crippen molar-refractivity contribution in [2.24, 2.45) is 11.3 Å². The molecule has 1 aliphatic rings. The molecule has 0 aliphatic carbocycles. The second-order valence-corrected chi connectivity index (χ2v) is 5.77. The fourth-order valence-corrected chi connectivity index (χ4v) is 2.31. The van der Waals surface area contributed by atoms with Gasteiger partial charge in [0, 0.05) is 18.5 Å². The van der Waals surface area contributed by atoms with Crippen molar-refractivity contribution in [1.29, 1.82) is 0 Å². The lowest BCUT2D eigenvalue weighted by atomic mass is 9.87. The zero-order valence-corrected chi connectivity index (χ0v) is 11.9. The third-order valence-corrected chi connectivity index (χ3v) is 4.07. The molecule has 0 unspecified atom stereocenters. The maximum absolute atomic E-state index is 12.4. The van der Waals surface area contributed by atoms with Crippen molar-refractivity contribution in [2.75, 3.05) is 26.2 Å². The van der Waals surface area contributed by atoms with Crippen molar-refractivity contribution >= 4 is 5.91 Å². The summed E-state index contributed by atoms with van der Waals surface area (Å²) in [6, 6.07) is 0. The topological polar surface area (TPSA) is 32.3 Å². The minimum atomic E-state index is -0.205. The highest BCUT2D eigenvalue weighted by atomic mass is 16.2. The fourth-order valence-electron chi connectivity index (χ4n) is 2.31. The Morgan fingerprint density at radius 2 is 1.88 bits per heavy atom. The van der Waals surface area contributed by atoms with Gasteiger partial charge in [-0.05, 0) is 45.2 Å². The normalized spacial score (nSPS) is 18.1. The Hall–Kier alpha value is -0.570. The smallest absolute Gasteiger partial charge is 0.228 e. The number of nitrogens with one attached hydrogen (secondary N) is 1. The van der Waals surface area contributed by atoms with E-state index in [2.05, 4.69) is 37.9 Å². The van der Waals surface area contributed by atoms with E-state index in [1.807, 2.05) is 0 Å². The van der Waals surface area contributed by atoms with Gasteiger partial charge in [0.05, 0.1) is 0 Å². The van der Waals surface area contributed by atoms with Gasteiger partial charge in [0.25, 0.3) is 0 Å². The first-order valence-electron chi connectivity index (χ1n) is 7.01. The Bertz CT molecular complexity index is 245. The van der Waals surface area contributed by atoms with E-state index in [0.29, 0.717) is 11.8 Å². The van der Waals surface area contributed by atoms with Crippen molar-refractivity contribution in [3.63, 3.8) is 0 Å². The first kappa shape index (κ1) is 14.5. The third-order valence-electron chi connectivity index (χ3n) is 4.07. The average Bonchev–Trinajstić information content (AvgIpc) is 2.36. The van der Waals surface area contributed by atoms with Crippen LogP contribution in [-0.4, -0.2) is 37.0 Å². The van der Waals surface area contributed by atoms with E-state index in [4.69, 9.17) is 0 Å². The summed E-state index contributed by atoms with van der Waals surface area (Å²) in [5.74, 6) is 1.01. The van der Waals surface area contributed by atoms with E-state index in [1.54, 1.807) is 0 Å². The monoisotopic (exact) mass is 240 g/mol. The average molecular weight is 240 g/mol. The van der Waals surface area contributed by atoms with Gasteiger partial charge in [-0.2, -0.15) is 0 Å². The van der Waals surface area contributed by atoms with Crippen LogP contribution in [0.3, 0.4) is 0 Å². The van der Waals surface area contributed by atoms with Gasteiger partial charge in [-0.1, -0.05) is 20.8 Å². The number of piperidine rings is 1. The van der Waals surface area contributed by atoms with Crippen LogP contribution < -0.4 is 5.32 Å². The molecule has 1 fully saturated rings. The molecule has 1 rings (SSSR count). The van der Waals surface area contributed by atoms with Gasteiger partial charge >= 0.3 is 0 Å². The molecule has 1 N–H and O–H groups in total. The van der Waals surface area contributed by atoms with Crippen LogP contribution in [0, 0.1) is 11.3 Å². The highest BCUT2D eigenvalue weighted by Crippen LogP contribution is 2.24. The van der Waals surface area contributed by atoms with Gasteiger partial charge in [0.2, 0.25) is 5.91 Å². The lowest BCUT2D eigenvalue weighted by Crippen LogP contribution is -2.44. The molecule has 3 nitrogen and oxygen atoms in total. The molecule has 0 bridgehead atoms. The molecule has 3 heteroatoms. The van der Waals surface area contributed by atoms with Gasteiger partial charge < -0.3 is 10.2 Å². The fraction of sp³-hybridized carbons (Fsp3) is 0.929. The minimum Gasteiger partial charge on any atom is -0.342 e. The van der Waals surface area contributed by atoms with Crippen LogP contribution in [0.25, 0.3) is 0 Å². The molecule has 1 saturated heterocycles. The predicted octanol–water partition coefficient (Wildman–Crippen LogP) is 2.27. The van der Waals surface area contributed by atoms with Crippen LogP contribution in [0.1, 0.15) is 47.0 Å². The summed E-state index contributed by atoms with van der Waals surface area (Å²) < 4.78 is 0. The molecular formula is C14H28N2O. The van der Waals surface area contributed by atoms with Gasteiger partial charge in [0.15, 0.2) is 0 Å². The van der Waals surface area contributed by atoms with Crippen LogP contribution in [0.2, 0.25) is 0 Å². The van der Waals surface area contributed by atoms with E-state index >= 15 is 0 Å². The third kappa shape index (κ3) is 3.98. The van der Waals surface area contributed by atoms with Crippen molar-refractivity contribution in [2.45, 2.75) is 47.0 Å². The van der Waals surface area contributed by atoms with Crippen molar-refractivity contribution in [1.82, 2.24) is 10.2 Å². The molecule has 0 atom stereocenters. The van der Waals surface area contributed by atoms with Gasteiger partial charge in [-0.3, -0.25) is 4.79 Å². The van der Waals surface area contributed by atoms with Crippen LogP contribution in [0.5, 0.6) is 0 Å². The summed E-state index contributed by atoms with van der Waals surface area (Å²) in [6.07, 6.45) is 3.32. The van der Waals surface area contributed by atoms with Crippen LogP contribution in [0.15, 0.2) is 0 Å². The largest absolute Gasteiger partial charge is 0.342 e. The number of rotatable bonds is 5. The molecule has 0 aromatic rings. The summed E-state index contributed by atoms with van der Waals surface area (Å²) in [5.41, 5.74) is -0.205. The summed E-state index contributed by atoms with van der Waals surface area (Å²) in [5, 5.41) is 3.37. The molecule has 1 aliphatic heterocycles. The van der Waals surface area contributed by atoms with E-state index in [9.17, 15) is 4.79 Å². The highest BCUT2D eigenvalue weighted by molar-refractivity contribution is 5.81. The molecule has 0 saturated carbocycles. The minimum absolute atomic E-state index is 0.205. The molecule has 1 heterocycles. The second kappa shape index (κ2) is 6.39. The first-order valence-corrected chi connectivity index (χ1v) is 7.01. The zero-order chi connectivity index (χ0) is 12.9. The molecular weight excluding hydrogens is 212 g/mol. The number of hydrogen-bond acceptors (Lipinski definition) is 2. The Morgan fingerprint density at radius 3 is 2.35 bits per heavy atom. The molecule has 0 spiro atoms. The maximum Gasteiger partial charge on any atom is 0.228 e. The SMILES string of the molecule is CCN(CC1CCNCC1)C(=O)C(C)(C)CC. The second-order valence-electron chi connectivity index (χ2n) is 5.77. The standard InChI is InChI=1S/C14H28N2O/c1-5-14(3,4)13(17)16(6-2)11-12-7-9-15-10-8-12/h12,15H,5-11H2,1-4H3. The number of carbonyl (C=O) groups is 1. The van der Waals surface area contributed by atoms with E-state index in [0.717, 1.165) is 32.6 Å². The summed E-state index contributed by atoms with van der Waals surface area (Å²) in [7, 11) is 0. The highest BCUT2D eigenvalue weighted by Gasteiger charge is 2.30. The van der Waals surface area contributed by atoms with E-state index in [-0.39, 0.29) is 5.41 Å². The molecule has 0 radical (unpaired) electrons. The zero-order valence-electron chi connectivity index (χ0n) is 11.9. The summed E-state index contributed by atoms with van der Waals surface area (Å²) >= 11 is 0. The number of nitrogens with zero attached hydrogens (tertiary/aromatic N) is 1. The molecule has 100 valence electrons. The lowest BCUT2D eigenvalue weighted by molar-refractivity contribution is -0.141. The number of hydrogen-bond donors (Lipinski definition) is 1. The molecule has 1 amide bonds. The van der Waals surface area contributed by atoms with Crippen LogP contribution >= 0.6 is 0 Å². The van der Waals surface area contributed by atoms with Gasteiger partial charge in [0.1, 0.15) is 0 Å².